The third-order valence-electron chi connectivity index (χ3n) is 4.18. The van der Waals surface area contributed by atoms with E-state index in [1.165, 1.54) is 19.3 Å². The fourth-order valence-electron chi connectivity index (χ4n) is 2.88. The predicted octanol–water partition coefficient (Wildman–Crippen LogP) is 3.69. The third-order valence-corrected chi connectivity index (χ3v) is 4.71. The van der Waals surface area contributed by atoms with Crippen LogP contribution in [0.2, 0.25) is 0 Å². The smallest absolute Gasteiger partial charge is 0.243 e. The van der Waals surface area contributed by atoms with E-state index in [0.29, 0.717) is 5.92 Å². The Balaban J connectivity index is 2.18. The molecule has 0 radical (unpaired) electrons. The van der Waals surface area contributed by atoms with Crippen LogP contribution in [0.1, 0.15) is 39.0 Å². The second-order valence-corrected chi connectivity index (χ2v) is 6.45. The number of nitrogens with two attached hydrogens (primary N) is 1. The van der Waals surface area contributed by atoms with Gasteiger partial charge in [0.15, 0.2) is 0 Å². The van der Waals surface area contributed by atoms with Crippen LogP contribution in [-0.2, 0) is 4.79 Å². The number of primary amides is 1. The van der Waals surface area contributed by atoms with E-state index in [1.807, 2.05) is 31.2 Å². The average Bonchev–Trinajstić information content (AvgIpc) is 2.42. The molecule has 1 unspecified atom stereocenters. The van der Waals surface area contributed by atoms with Crippen molar-refractivity contribution >= 4 is 27.5 Å². The Bertz CT molecular complexity index is 440. The molecule has 1 aromatic rings. The van der Waals surface area contributed by atoms with E-state index in [9.17, 15) is 4.79 Å². The Morgan fingerprint density at radius 2 is 1.84 bits per heavy atom. The summed E-state index contributed by atoms with van der Waals surface area (Å²) in [6, 6.07) is 7.86. The SMILES string of the molecule is CC(Nc1ccc(Br)cc1)(C(N)=O)C1CCCCC1. The molecule has 4 heteroatoms. The van der Waals surface area contributed by atoms with Gasteiger partial charge in [0, 0.05) is 10.2 Å². The number of hydrogen-bond acceptors (Lipinski definition) is 2. The molecule has 3 N–H and O–H groups in total. The maximum absolute atomic E-state index is 11.9. The zero-order chi connectivity index (χ0) is 13.9. The van der Waals surface area contributed by atoms with E-state index in [1.54, 1.807) is 0 Å². The number of anilines is 1. The Morgan fingerprint density at radius 3 is 2.37 bits per heavy atom. The van der Waals surface area contributed by atoms with Crippen LogP contribution in [0.25, 0.3) is 0 Å². The summed E-state index contributed by atoms with van der Waals surface area (Å²) in [4.78, 5) is 11.9. The molecule has 19 heavy (non-hydrogen) atoms. The van der Waals surface area contributed by atoms with Crippen LogP contribution in [0.15, 0.2) is 28.7 Å². The number of halogens is 1. The van der Waals surface area contributed by atoms with Crippen molar-refractivity contribution in [3.8, 4) is 0 Å². The van der Waals surface area contributed by atoms with E-state index in [4.69, 9.17) is 5.73 Å². The first-order valence-electron chi connectivity index (χ1n) is 6.86. The lowest BCUT2D eigenvalue weighted by atomic mass is 9.75. The molecule has 0 aliphatic heterocycles. The number of carbonyl (C=O) groups excluding carboxylic acids is 1. The molecule has 1 aliphatic carbocycles. The highest BCUT2D eigenvalue weighted by molar-refractivity contribution is 9.10. The fourth-order valence-corrected chi connectivity index (χ4v) is 3.14. The molecule has 0 aromatic heterocycles. The van der Waals surface area contributed by atoms with Gasteiger partial charge in [0.1, 0.15) is 5.54 Å². The lowest BCUT2D eigenvalue weighted by Gasteiger charge is -2.38. The second kappa shape index (κ2) is 5.95. The van der Waals surface area contributed by atoms with Crippen LogP contribution in [0, 0.1) is 5.92 Å². The standard InChI is InChI=1S/C15H21BrN2O/c1-15(14(17)19,11-5-3-2-4-6-11)18-13-9-7-12(16)8-10-13/h7-11,18H,2-6H2,1H3,(H2,17,19). The maximum atomic E-state index is 11.9. The van der Waals surface area contributed by atoms with E-state index < -0.39 is 5.54 Å². The van der Waals surface area contributed by atoms with Crippen molar-refractivity contribution in [3.63, 3.8) is 0 Å². The van der Waals surface area contributed by atoms with Gasteiger partial charge in [-0.1, -0.05) is 35.2 Å². The predicted molar refractivity (Wildman–Crippen MR) is 81.9 cm³/mol. The monoisotopic (exact) mass is 324 g/mol. The lowest BCUT2D eigenvalue weighted by molar-refractivity contribution is -0.123. The minimum Gasteiger partial charge on any atom is -0.371 e. The first-order valence-corrected chi connectivity index (χ1v) is 7.65. The van der Waals surface area contributed by atoms with Crippen LogP contribution < -0.4 is 11.1 Å². The van der Waals surface area contributed by atoms with Crippen LogP contribution in [0.5, 0.6) is 0 Å². The molecule has 2 rings (SSSR count). The summed E-state index contributed by atoms with van der Waals surface area (Å²) in [5.74, 6) is 0.0599. The van der Waals surface area contributed by atoms with Gasteiger partial charge in [-0.3, -0.25) is 4.79 Å². The molecule has 1 aromatic carbocycles. The van der Waals surface area contributed by atoms with Crippen LogP contribution in [0.4, 0.5) is 5.69 Å². The van der Waals surface area contributed by atoms with Crippen molar-refractivity contribution in [3.05, 3.63) is 28.7 Å². The summed E-state index contributed by atoms with van der Waals surface area (Å²) in [7, 11) is 0. The van der Waals surface area contributed by atoms with Crippen LogP contribution >= 0.6 is 15.9 Å². The molecule has 104 valence electrons. The van der Waals surface area contributed by atoms with Gasteiger partial charge >= 0.3 is 0 Å². The van der Waals surface area contributed by atoms with Crippen molar-refractivity contribution in [2.45, 2.75) is 44.6 Å². The molecule has 1 saturated carbocycles. The molecule has 0 bridgehead atoms. The van der Waals surface area contributed by atoms with Gasteiger partial charge in [-0.25, -0.2) is 0 Å². The zero-order valence-electron chi connectivity index (χ0n) is 11.3. The molecular formula is C15H21BrN2O. The minimum absolute atomic E-state index is 0.262. The van der Waals surface area contributed by atoms with Crippen molar-refractivity contribution in [1.82, 2.24) is 0 Å². The Kier molecular flexibility index (Phi) is 4.50. The number of rotatable bonds is 4. The second-order valence-electron chi connectivity index (χ2n) is 5.53. The molecular weight excluding hydrogens is 304 g/mol. The van der Waals surface area contributed by atoms with E-state index in [-0.39, 0.29) is 5.91 Å². The van der Waals surface area contributed by atoms with Gasteiger partial charge < -0.3 is 11.1 Å². The minimum atomic E-state index is -0.658. The summed E-state index contributed by atoms with van der Waals surface area (Å²) < 4.78 is 1.02. The normalized spacial score (nSPS) is 19.7. The van der Waals surface area contributed by atoms with Gasteiger partial charge in [-0.05, 0) is 49.9 Å². The fraction of sp³-hybridized carbons (Fsp3) is 0.533. The first-order chi connectivity index (χ1) is 9.02. The number of hydrogen-bond donors (Lipinski definition) is 2. The molecule has 0 heterocycles. The summed E-state index contributed by atoms with van der Waals surface area (Å²) in [5.41, 5.74) is 5.95. The topological polar surface area (TPSA) is 55.1 Å². The van der Waals surface area contributed by atoms with Crippen molar-refractivity contribution in [1.29, 1.82) is 0 Å². The average molecular weight is 325 g/mol. The molecule has 1 aliphatic rings. The largest absolute Gasteiger partial charge is 0.371 e. The zero-order valence-corrected chi connectivity index (χ0v) is 12.9. The van der Waals surface area contributed by atoms with Gasteiger partial charge in [0.2, 0.25) is 5.91 Å². The Labute approximate surface area is 123 Å². The van der Waals surface area contributed by atoms with E-state index >= 15 is 0 Å². The van der Waals surface area contributed by atoms with Gasteiger partial charge in [0.05, 0.1) is 0 Å². The van der Waals surface area contributed by atoms with Gasteiger partial charge in [-0.2, -0.15) is 0 Å². The van der Waals surface area contributed by atoms with E-state index in [2.05, 4.69) is 21.2 Å². The Hall–Kier alpha value is -1.03. The molecule has 1 amide bonds. The number of benzene rings is 1. The maximum Gasteiger partial charge on any atom is 0.243 e. The molecule has 3 nitrogen and oxygen atoms in total. The number of nitrogens with one attached hydrogen (secondary N) is 1. The Morgan fingerprint density at radius 1 is 1.26 bits per heavy atom. The molecule has 1 atom stereocenters. The molecule has 0 saturated heterocycles. The highest BCUT2D eigenvalue weighted by Crippen LogP contribution is 2.35. The number of amides is 1. The highest BCUT2D eigenvalue weighted by atomic mass is 79.9. The van der Waals surface area contributed by atoms with E-state index in [0.717, 1.165) is 23.0 Å². The van der Waals surface area contributed by atoms with Gasteiger partial charge in [0.25, 0.3) is 0 Å². The van der Waals surface area contributed by atoms with Crippen LogP contribution in [0.3, 0.4) is 0 Å². The lowest BCUT2D eigenvalue weighted by Crippen LogP contribution is -2.54. The summed E-state index contributed by atoms with van der Waals surface area (Å²) in [6.07, 6.45) is 5.79. The quantitative estimate of drug-likeness (QED) is 0.887. The van der Waals surface area contributed by atoms with Crippen LogP contribution in [-0.4, -0.2) is 11.4 Å². The molecule has 1 fully saturated rings. The van der Waals surface area contributed by atoms with Crippen molar-refractivity contribution in [2.24, 2.45) is 11.7 Å². The summed E-state index contributed by atoms with van der Waals surface area (Å²) >= 11 is 3.41. The van der Waals surface area contributed by atoms with Crippen molar-refractivity contribution in [2.75, 3.05) is 5.32 Å². The summed E-state index contributed by atoms with van der Waals surface area (Å²) in [6.45, 7) is 1.94. The van der Waals surface area contributed by atoms with Gasteiger partial charge in [-0.15, -0.1) is 0 Å². The van der Waals surface area contributed by atoms with Crippen molar-refractivity contribution < 1.29 is 4.79 Å². The summed E-state index contributed by atoms with van der Waals surface area (Å²) in [5, 5.41) is 3.36. The molecule has 0 spiro atoms. The highest BCUT2D eigenvalue weighted by Gasteiger charge is 2.40. The number of carbonyl (C=O) groups is 1. The third kappa shape index (κ3) is 3.30. The first kappa shape index (κ1) is 14.4.